The first-order valence-electron chi connectivity index (χ1n) is 22.4. The van der Waals surface area contributed by atoms with Crippen LogP contribution in [-0.2, 0) is 17.6 Å². The largest absolute Gasteiger partial charge is 0.381 e. The Morgan fingerprint density at radius 2 is 0.836 bits per heavy atom. The molecule has 1 nitrogen and oxygen atoms in total. The third-order valence-corrected chi connectivity index (χ3v) is 13.1. The molecule has 4 aromatic rings. The fraction of sp³-hybridized carbons (Fsp3) is 0.538. The van der Waals surface area contributed by atoms with Gasteiger partial charge in [-0.1, -0.05) is 138 Å². The maximum absolute atomic E-state index is 15.1. The van der Waals surface area contributed by atoms with Gasteiger partial charge in [-0.05, 0) is 157 Å². The summed E-state index contributed by atoms with van der Waals surface area (Å²) < 4.78 is 36.1. The Labute approximate surface area is 332 Å². The normalized spacial score (nSPS) is 20.1. The molecular weight excluding hydrogens is 679 g/mol. The van der Waals surface area contributed by atoms with Crippen LogP contribution in [0, 0.1) is 23.5 Å². The van der Waals surface area contributed by atoms with Gasteiger partial charge in [-0.25, -0.2) is 8.78 Å². The van der Waals surface area contributed by atoms with Crippen LogP contribution in [0.4, 0.5) is 8.78 Å². The van der Waals surface area contributed by atoms with Crippen LogP contribution in [-0.4, -0.2) is 13.2 Å². The van der Waals surface area contributed by atoms with E-state index in [4.69, 9.17) is 4.74 Å². The molecule has 3 heteroatoms. The molecule has 0 amide bonds. The first kappa shape index (κ1) is 41.3. The molecule has 0 radical (unpaired) electrons. The van der Waals surface area contributed by atoms with Crippen molar-refractivity contribution in [2.24, 2.45) is 11.8 Å². The van der Waals surface area contributed by atoms with Crippen molar-refractivity contribution >= 4 is 0 Å². The molecule has 296 valence electrons. The van der Waals surface area contributed by atoms with E-state index >= 15 is 8.78 Å². The Hall–Kier alpha value is -3.30. The zero-order valence-electron chi connectivity index (χ0n) is 34.1. The molecule has 0 unspecified atom stereocenters. The van der Waals surface area contributed by atoms with Crippen molar-refractivity contribution in [1.82, 2.24) is 0 Å². The highest BCUT2D eigenvalue weighted by Crippen LogP contribution is 2.40. The molecule has 2 fully saturated rings. The van der Waals surface area contributed by atoms with Gasteiger partial charge >= 0.3 is 0 Å². The summed E-state index contributed by atoms with van der Waals surface area (Å²) in [7, 11) is 0. The SMILES string of the molecule is CCCCCC1CCC(c2ccc(-c3ccc(CCCOCCCc4ccc(-c5ccc(C6CCC(CCCCC)CC6)cc5)cc4F)c(F)c3)cc2)CC1. The molecule has 0 bridgehead atoms. The van der Waals surface area contributed by atoms with E-state index < -0.39 is 0 Å². The molecule has 0 N–H and O–H groups in total. The molecule has 2 saturated carbocycles. The average molecular weight is 747 g/mol. The lowest BCUT2D eigenvalue weighted by molar-refractivity contribution is 0.129. The topological polar surface area (TPSA) is 9.23 Å². The van der Waals surface area contributed by atoms with E-state index in [1.54, 1.807) is 12.1 Å². The van der Waals surface area contributed by atoms with Crippen LogP contribution in [0.3, 0.4) is 0 Å². The molecule has 6 rings (SSSR count). The van der Waals surface area contributed by atoms with Crippen LogP contribution < -0.4 is 0 Å². The van der Waals surface area contributed by atoms with E-state index in [0.29, 0.717) is 37.9 Å². The Morgan fingerprint density at radius 1 is 0.455 bits per heavy atom. The summed E-state index contributed by atoms with van der Waals surface area (Å²) in [5.74, 6) is 2.88. The predicted octanol–water partition coefficient (Wildman–Crippen LogP) is 15.6. The molecule has 0 saturated heterocycles. The van der Waals surface area contributed by atoms with Gasteiger partial charge in [0.05, 0.1) is 0 Å². The predicted molar refractivity (Wildman–Crippen MR) is 229 cm³/mol. The number of rotatable bonds is 20. The van der Waals surface area contributed by atoms with Gasteiger partial charge in [0.15, 0.2) is 0 Å². The van der Waals surface area contributed by atoms with Gasteiger partial charge in [-0.3, -0.25) is 0 Å². The number of unbranched alkanes of at least 4 members (excludes halogenated alkanes) is 4. The molecule has 0 aliphatic heterocycles. The molecule has 0 heterocycles. The van der Waals surface area contributed by atoms with Crippen LogP contribution in [0.15, 0.2) is 84.9 Å². The highest BCUT2D eigenvalue weighted by Gasteiger charge is 2.23. The van der Waals surface area contributed by atoms with E-state index in [1.807, 2.05) is 24.3 Å². The van der Waals surface area contributed by atoms with Crippen molar-refractivity contribution in [2.45, 2.75) is 154 Å². The zero-order chi connectivity index (χ0) is 38.2. The maximum atomic E-state index is 15.1. The van der Waals surface area contributed by atoms with E-state index in [-0.39, 0.29) is 11.6 Å². The summed E-state index contributed by atoms with van der Waals surface area (Å²) in [5.41, 5.74) is 8.36. The maximum Gasteiger partial charge on any atom is 0.127 e. The van der Waals surface area contributed by atoms with Crippen LogP contribution in [0.2, 0.25) is 0 Å². The van der Waals surface area contributed by atoms with E-state index in [9.17, 15) is 0 Å². The van der Waals surface area contributed by atoms with Gasteiger partial charge in [0.1, 0.15) is 11.6 Å². The van der Waals surface area contributed by atoms with Crippen molar-refractivity contribution in [3.05, 3.63) is 119 Å². The Balaban J connectivity index is 0.867. The fourth-order valence-electron chi connectivity index (χ4n) is 9.52. The number of benzene rings is 4. The summed E-state index contributed by atoms with van der Waals surface area (Å²) in [4.78, 5) is 0. The van der Waals surface area contributed by atoms with Crippen molar-refractivity contribution in [1.29, 1.82) is 0 Å². The van der Waals surface area contributed by atoms with Crippen LogP contribution >= 0.6 is 0 Å². The van der Waals surface area contributed by atoms with Crippen LogP contribution in [0.1, 0.15) is 164 Å². The van der Waals surface area contributed by atoms with E-state index in [2.05, 4.69) is 62.4 Å². The quantitative estimate of drug-likeness (QED) is 0.0818. The van der Waals surface area contributed by atoms with Crippen molar-refractivity contribution in [3.63, 3.8) is 0 Å². The molecule has 55 heavy (non-hydrogen) atoms. The fourth-order valence-corrected chi connectivity index (χ4v) is 9.52. The summed E-state index contributed by atoms with van der Waals surface area (Å²) in [6, 6.07) is 29.1. The molecular formula is C52H68F2O. The number of hydrogen-bond acceptors (Lipinski definition) is 1. The second-order valence-electron chi connectivity index (χ2n) is 17.1. The highest BCUT2D eigenvalue weighted by molar-refractivity contribution is 5.65. The molecule has 0 atom stereocenters. The van der Waals surface area contributed by atoms with Crippen LogP contribution in [0.25, 0.3) is 22.3 Å². The van der Waals surface area contributed by atoms with Gasteiger partial charge in [-0.2, -0.15) is 0 Å². The highest BCUT2D eigenvalue weighted by atomic mass is 19.1. The summed E-state index contributed by atoms with van der Waals surface area (Å²) in [5, 5.41) is 0. The zero-order valence-corrected chi connectivity index (χ0v) is 34.1. The first-order chi connectivity index (χ1) is 27.0. The smallest absolute Gasteiger partial charge is 0.127 e. The van der Waals surface area contributed by atoms with Gasteiger partial charge in [0.2, 0.25) is 0 Å². The van der Waals surface area contributed by atoms with Crippen LogP contribution in [0.5, 0.6) is 0 Å². The Morgan fingerprint density at radius 3 is 1.20 bits per heavy atom. The summed E-state index contributed by atoms with van der Waals surface area (Å²) >= 11 is 0. The Kier molecular flexibility index (Phi) is 16.4. The van der Waals surface area contributed by atoms with Crippen molar-refractivity contribution in [2.75, 3.05) is 13.2 Å². The lowest BCUT2D eigenvalue weighted by atomic mass is 9.77. The lowest BCUT2D eigenvalue weighted by Crippen LogP contribution is -2.13. The van der Waals surface area contributed by atoms with Gasteiger partial charge < -0.3 is 4.74 Å². The summed E-state index contributed by atoms with van der Waals surface area (Å²) in [6.07, 6.45) is 24.4. The minimum Gasteiger partial charge on any atom is -0.381 e. The molecule has 0 aromatic heterocycles. The minimum absolute atomic E-state index is 0.145. The number of aryl methyl sites for hydroxylation is 2. The summed E-state index contributed by atoms with van der Waals surface area (Å²) in [6.45, 7) is 5.71. The molecule has 4 aromatic carbocycles. The minimum atomic E-state index is -0.145. The third kappa shape index (κ3) is 12.3. The van der Waals surface area contributed by atoms with E-state index in [1.165, 1.54) is 114 Å². The molecule has 2 aliphatic carbocycles. The van der Waals surface area contributed by atoms with Gasteiger partial charge in [-0.15, -0.1) is 0 Å². The monoisotopic (exact) mass is 747 g/mol. The van der Waals surface area contributed by atoms with E-state index in [0.717, 1.165) is 58.1 Å². The standard InChI is InChI=1S/C52H68F2O/c1-3-5-7-11-39-15-19-41(20-16-39)43-23-27-45(28-24-43)49-33-31-47(51(53)37-49)13-9-35-55-36-10-14-48-32-34-50(38-52(48)54)46-29-25-44(26-30-46)42-21-17-40(18-22-42)12-8-6-4-2/h23-34,37-42H,3-22,35-36H2,1-2H3. The molecule has 2 aliphatic rings. The second kappa shape index (κ2) is 21.9. The van der Waals surface area contributed by atoms with Gasteiger partial charge in [0.25, 0.3) is 0 Å². The third-order valence-electron chi connectivity index (χ3n) is 13.1. The number of halogens is 2. The second-order valence-corrected chi connectivity index (χ2v) is 17.1. The average Bonchev–Trinajstić information content (AvgIpc) is 3.22. The van der Waals surface area contributed by atoms with Crippen molar-refractivity contribution in [3.8, 4) is 22.3 Å². The molecule has 0 spiro atoms. The van der Waals surface area contributed by atoms with Gasteiger partial charge in [0, 0.05) is 13.2 Å². The Bertz CT molecular complexity index is 1570. The lowest BCUT2D eigenvalue weighted by Gasteiger charge is -2.29. The number of ether oxygens (including phenoxy) is 1. The van der Waals surface area contributed by atoms with Crippen molar-refractivity contribution < 1.29 is 13.5 Å². The first-order valence-corrected chi connectivity index (χ1v) is 22.4. The number of hydrogen-bond donors (Lipinski definition) is 0.